The molecule has 0 aromatic heterocycles. The highest BCUT2D eigenvalue weighted by molar-refractivity contribution is 7.89. The van der Waals surface area contributed by atoms with Crippen LogP contribution in [0.3, 0.4) is 0 Å². The van der Waals surface area contributed by atoms with Crippen LogP contribution >= 0.6 is 0 Å². The van der Waals surface area contributed by atoms with Crippen molar-refractivity contribution < 1.29 is 26.8 Å². The van der Waals surface area contributed by atoms with Crippen molar-refractivity contribution in [3.8, 4) is 0 Å². The van der Waals surface area contributed by atoms with Crippen LogP contribution in [0.1, 0.15) is 19.8 Å². The lowest BCUT2D eigenvalue weighted by atomic mass is 10.3. The lowest BCUT2D eigenvalue weighted by molar-refractivity contribution is -0.121. The third kappa shape index (κ3) is 5.94. The Labute approximate surface area is 162 Å². The lowest BCUT2D eigenvalue weighted by Gasteiger charge is -2.33. The Balaban J connectivity index is 1.85. The first-order valence-electron chi connectivity index (χ1n) is 8.99. The van der Waals surface area contributed by atoms with Gasteiger partial charge in [-0.15, -0.1) is 0 Å². The van der Waals surface area contributed by atoms with Crippen LogP contribution in [0, 0.1) is 11.6 Å². The Morgan fingerprint density at radius 1 is 1.14 bits per heavy atom. The number of amides is 3. The normalized spacial score (nSPS) is 16.0. The van der Waals surface area contributed by atoms with Crippen molar-refractivity contribution in [1.82, 2.24) is 19.8 Å². The molecule has 1 aromatic rings. The quantitative estimate of drug-likeness (QED) is 0.641. The van der Waals surface area contributed by atoms with Crippen LogP contribution in [0.15, 0.2) is 23.1 Å². The zero-order valence-corrected chi connectivity index (χ0v) is 16.4. The maximum absolute atomic E-state index is 13.8. The number of benzene rings is 1. The van der Waals surface area contributed by atoms with E-state index in [0.29, 0.717) is 12.6 Å². The third-order valence-corrected chi connectivity index (χ3v) is 6.21. The van der Waals surface area contributed by atoms with Gasteiger partial charge in [0.05, 0.1) is 6.54 Å². The molecule has 1 aliphatic rings. The van der Waals surface area contributed by atoms with Crippen molar-refractivity contribution in [1.29, 1.82) is 0 Å². The summed E-state index contributed by atoms with van der Waals surface area (Å²) in [7, 11) is -4.09. The maximum Gasteiger partial charge on any atom is 0.321 e. The van der Waals surface area contributed by atoms with Crippen molar-refractivity contribution in [2.24, 2.45) is 0 Å². The fourth-order valence-electron chi connectivity index (χ4n) is 2.74. The van der Waals surface area contributed by atoms with Crippen LogP contribution in [0.4, 0.5) is 13.6 Å². The zero-order chi connectivity index (χ0) is 20.7. The van der Waals surface area contributed by atoms with E-state index >= 15 is 0 Å². The van der Waals surface area contributed by atoms with Gasteiger partial charge in [-0.3, -0.25) is 15.0 Å². The Morgan fingerprint density at radius 3 is 2.43 bits per heavy atom. The van der Waals surface area contributed by atoms with Crippen molar-refractivity contribution in [3.05, 3.63) is 29.8 Å². The largest absolute Gasteiger partial charge is 0.338 e. The molecule has 2 rings (SSSR count). The molecule has 0 unspecified atom stereocenters. The maximum atomic E-state index is 13.8. The van der Waals surface area contributed by atoms with Crippen LogP contribution in [0.2, 0.25) is 0 Å². The topological polar surface area (TPSA) is 98.8 Å². The summed E-state index contributed by atoms with van der Waals surface area (Å²) in [5.41, 5.74) is 0. The standard InChI is InChI=1S/C17H24F2N4O4S/c1-2-3-6-20-17(25)21-16(24)12-22-7-9-23(10-8-22)28(26,27)15-5-4-13(18)11-14(15)19/h4-5,11H,2-3,6-10,12H2,1H3,(H2,20,21,24,25). The van der Waals surface area contributed by atoms with Crippen LogP contribution in [0.25, 0.3) is 0 Å². The molecular weight excluding hydrogens is 394 g/mol. The first-order chi connectivity index (χ1) is 13.2. The molecule has 3 amide bonds. The van der Waals surface area contributed by atoms with E-state index in [-0.39, 0.29) is 32.7 Å². The van der Waals surface area contributed by atoms with Gasteiger partial charge in [-0.1, -0.05) is 13.3 Å². The average molecular weight is 418 g/mol. The number of imide groups is 1. The number of halogens is 2. The third-order valence-electron chi connectivity index (χ3n) is 4.28. The second-order valence-electron chi connectivity index (χ2n) is 6.41. The molecule has 0 aliphatic carbocycles. The number of unbranched alkanes of at least 4 members (excludes halogenated alkanes) is 1. The van der Waals surface area contributed by atoms with E-state index in [1.165, 1.54) is 0 Å². The minimum Gasteiger partial charge on any atom is -0.338 e. The summed E-state index contributed by atoms with van der Waals surface area (Å²) in [4.78, 5) is 24.6. The van der Waals surface area contributed by atoms with Gasteiger partial charge in [0.15, 0.2) is 0 Å². The van der Waals surface area contributed by atoms with Crippen molar-refractivity contribution in [3.63, 3.8) is 0 Å². The van der Waals surface area contributed by atoms with Crippen LogP contribution in [0.5, 0.6) is 0 Å². The second kappa shape index (κ2) is 9.89. The molecule has 0 radical (unpaired) electrons. The van der Waals surface area contributed by atoms with Gasteiger partial charge in [0.25, 0.3) is 0 Å². The zero-order valence-electron chi connectivity index (χ0n) is 15.6. The first-order valence-corrected chi connectivity index (χ1v) is 10.4. The van der Waals surface area contributed by atoms with Gasteiger partial charge >= 0.3 is 6.03 Å². The average Bonchev–Trinajstić information content (AvgIpc) is 2.62. The molecule has 0 saturated carbocycles. The number of carbonyl (C=O) groups excluding carboxylic acids is 2. The van der Waals surface area contributed by atoms with Gasteiger partial charge in [-0.25, -0.2) is 22.0 Å². The minimum absolute atomic E-state index is 0.0507. The summed E-state index contributed by atoms with van der Waals surface area (Å²) < 4.78 is 53.0. The predicted octanol–water partition coefficient (Wildman–Crippen LogP) is 0.897. The van der Waals surface area contributed by atoms with Crippen molar-refractivity contribution >= 4 is 22.0 Å². The molecule has 11 heteroatoms. The number of rotatable bonds is 7. The lowest BCUT2D eigenvalue weighted by Crippen LogP contribution is -2.52. The number of nitrogens with zero attached hydrogens (tertiary/aromatic N) is 2. The Morgan fingerprint density at radius 2 is 1.82 bits per heavy atom. The Bertz CT molecular complexity index is 811. The SMILES string of the molecule is CCCCNC(=O)NC(=O)CN1CCN(S(=O)(=O)c2ccc(F)cc2F)CC1. The number of hydrogen-bond donors (Lipinski definition) is 2. The van der Waals surface area contributed by atoms with Gasteiger partial charge in [0, 0.05) is 38.8 Å². The number of nitrogens with one attached hydrogen (secondary N) is 2. The van der Waals surface area contributed by atoms with E-state index in [1.807, 2.05) is 6.92 Å². The molecule has 1 aromatic carbocycles. The molecule has 28 heavy (non-hydrogen) atoms. The minimum atomic E-state index is -4.09. The van der Waals surface area contributed by atoms with Crippen LogP contribution in [-0.4, -0.2) is 68.8 Å². The molecule has 1 fully saturated rings. The van der Waals surface area contributed by atoms with E-state index in [9.17, 15) is 26.8 Å². The molecule has 1 heterocycles. The van der Waals surface area contributed by atoms with Gasteiger partial charge < -0.3 is 5.32 Å². The predicted molar refractivity (Wildman–Crippen MR) is 98.0 cm³/mol. The number of urea groups is 1. The second-order valence-corrected chi connectivity index (χ2v) is 8.32. The number of hydrogen-bond acceptors (Lipinski definition) is 5. The monoisotopic (exact) mass is 418 g/mol. The van der Waals surface area contributed by atoms with Crippen molar-refractivity contribution in [2.75, 3.05) is 39.3 Å². The Kier molecular flexibility index (Phi) is 7.84. The van der Waals surface area contributed by atoms with Crippen molar-refractivity contribution in [2.45, 2.75) is 24.7 Å². The van der Waals surface area contributed by atoms with Crippen LogP contribution < -0.4 is 10.6 Å². The fraction of sp³-hybridized carbons (Fsp3) is 0.529. The van der Waals surface area contributed by atoms with E-state index in [4.69, 9.17) is 0 Å². The van der Waals surface area contributed by atoms with Gasteiger partial charge in [0.1, 0.15) is 16.5 Å². The summed E-state index contributed by atoms with van der Waals surface area (Å²) in [6.07, 6.45) is 1.73. The van der Waals surface area contributed by atoms with Gasteiger partial charge in [-0.05, 0) is 18.6 Å². The molecule has 1 saturated heterocycles. The van der Waals surface area contributed by atoms with E-state index in [1.54, 1.807) is 4.90 Å². The van der Waals surface area contributed by atoms with Gasteiger partial charge in [-0.2, -0.15) is 4.31 Å². The molecule has 1 aliphatic heterocycles. The molecule has 0 bridgehead atoms. The summed E-state index contributed by atoms with van der Waals surface area (Å²) in [6.45, 7) is 2.99. The van der Waals surface area contributed by atoms with E-state index in [0.717, 1.165) is 29.3 Å². The molecule has 156 valence electrons. The summed E-state index contributed by atoms with van der Waals surface area (Å²) in [5.74, 6) is -2.49. The fourth-order valence-corrected chi connectivity index (χ4v) is 4.21. The van der Waals surface area contributed by atoms with E-state index in [2.05, 4.69) is 10.6 Å². The molecule has 0 spiro atoms. The number of piperazine rings is 1. The molecule has 0 atom stereocenters. The molecule has 8 nitrogen and oxygen atoms in total. The highest BCUT2D eigenvalue weighted by atomic mass is 32.2. The molecule has 2 N–H and O–H groups in total. The summed E-state index contributed by atoms with van der Waals surface area (Å²) >= 11 is 0. The first kappa shape index (κ1) is 22.2. The highest BCUT2D eigenvalue weighted by Crippen LogP contribution is 2.21. The number of carbonyl (C=O) groups is 2. The summed E-state index contributed by atoms with van der Waals surface area (Å²) in [5, 5.41) is 4.79. The number of sulfonamides is 1. The summed E-state index contributed by atoms with van der Waals surface area (Å²) in [6, 6.07) is 1.75. The highest BCUT2D eigenvalue weighted by Gasteiger charge is 2.31. The van der Waals surface area contributed by atoms with E-state index < -0.39 is 38.5 Å². The van der Waals surface area contributed by atoms with Gasteiger partial charge in [0.2, 0.25) is 15.9 Å². The van der Waals surface area contributed by atoms with Crippen LogP contribution in [-0.2, 0) is 14.8 Å². The molecular formula is C17H24F2N4O4S. The smallest absolute Gasteiger partial charge is 0.321 e. The Hall–Kier alpha value is -2.11.